The van der Waals surface area contributed by atoms with Gasteiger partial charge in [-0.2, -0.15) is 10.2 Å². The molecule has 0 fully saturated rings. The minimum absolute atomic E-state index is 0.234. The third kappa shape index (κ3) is 2.20. The zero-order valence-corrected chi connectivity index (χ0v) is 10.6. The average Bonchev–Trinajstić information content (AvgIpc) is 2.83. The van der Waals surface area contributed by atoms with Crippen LogP contribution in [0.4, 0.5) is 5.82 Å². The number of aromatic nitrogens is 4. The van der Waals surface area contributed by atoms with E-state index >= 15 is 0 Å². The minimum atomic E-state index is -0.234. The molecule has 0 aliphatic rings. The SMILES string of the molecule is Cc1nn(C)c(C)c1CNC(=O)c1cc(N)n[nH]1. The second-order valence-corrected chi connectivity index (χ2v) is 4.16. The Balaban J connectivity index is 2.06. The van der Waals surface area contributed by atoms with Gasteiger partial charge in [-0.05, 0) is 13.8 Å². The van der Waals surface area contributed by atoms with Gasteiger partial charge in [0.15, 0.2) is 0 Å². The lowest BCUT2D eigenvalue weighted by atomic mass is 10.2. The number of hydrogen-bond donors (Lipinski definition) is 3. The van der Waals surface area contributed by atoms with E-state index in [1.165, 1.54) is 6.07 Å². The Morgan fingerprint density at radius 1 is 1.56 bits per heavy atom. The number of nitrogens with one attached hydrogen (secondary N) is 2. The number of rotatable bonds is 3. The van der Waals surface area contributed by atoms with Crippen molar-refractivity contribution >= 4 is 11.7 Å². The van der Waals surface area contributed by atoms with Crippen molar-refractivity contribution in [1.29, 1.82) is 0 Å². The monoisotopic (exact) mass is 248 g/mol. The fourth-order valence-electron chi connectivity index (χ4n) is 1.79. The molecular weight excluding hydrogens is 232 g/mol. The third-order valence-electron chi connectivity index (χ3n) is 2.93. The number of H-pyrrole nitrogens is 1. The Morgan fingerprint density at radius 2 is 2.28 bits per heavy atom. The molecule has 0 saturated carbocycles. The third-order valence-corrected chi connectivity index (χ3v) is 2.93. The van der Waals surface area contributed by atoms with Crippen LogP contribution in [0.25, 0.3) is 0 Å². The Bertz CT molecular complexity index is 582. The molecule has 2 rings (SSSR count). The van der Waals surface area contributed by atoms with Gasteiger partial charge < -0.3 is 11.1 Å². The number of aryl methyl sites for hydroxylation is 2. The van der Waals surface area contributed by atoms with Gasteiger partial charge in [-0.1, -0.05) is 0 Å². The van der Waals surface area contributed by atoms with E-state index in [1.54, 1.807) is 4.68 Å². The lowest BCUT2D eigenvalue weighted by Gasteiger charge is -2.04. The summed E-state index contributed by atoms with van der Waals surface area (Å²) < 4.78 is 1.80. The first-order valence-corrected chi connectivity index (χ1v) is 5.57. The van der Waals surface area contributed by atoms with E-state index in [1.807, 2.05) is 20.9 Å². The van der Waals surface area contributed by atoms with Crippen LogP contribution in [0.3, 0.4) is 0 Å². The van der Waals surface area contributed by atoms with Crippen molar-refractivity contribution in [2.45, 2.75) is 20.4 Å². The van der Waals surface area contributed by atoms with Crippen molar-refractivity contribution in [3.63, 3.8) is 0 Å². The van der Waals surface area contributed by atoms with Gasteiger partial charge in [0.1, 0.15) is 11.5 Å². The van der Waals surface area contributed by atoms with Gasteiger partial charge >= 0.3 is 0 Å². The number of nitrogen functional groups attached to an aromatic ring is 1. The van der Waals surface area contributed by atoms with Crippen LogP contribution in [-0.2, 0) is 13.6 Å². The Hall–Kier alpha value is -2.31. The first kappa shape index (κ1) is 12.2. The fraction of sp³-hybridized carbons (Fsp3) is 0.364. The predicted molar refractivity (Wildman–Crippen MR) is 66.9 cm³/mol. The van der Waals surface area contributed by atoms with E-state index in [4.69, 9.17) is 5.73 Å². The quantitative estimate of drug-likeness (QED) is 0.725. The highest BCUT2D eigenvalue weighted by Gasteiger charge is 2.12. The Labute approximate surface area is 104 Å². The van der Waals surface area contributed by atoms with Crippen LogP contribution >= 0.6 is 0 Å². The fourth-order valence-corrected chi connectivity index (χ4v) is 1.79. The molecule has 0 unspecified atom stereocenters. The number of anilines is 1. The highest BCUT2D eigenvalue weighted by molar-refractivity contribution is 5.92. The molecule has 0 atom stereocenters. The van der Waals surface area contributed by atoms with E-state index in [0.29, 0.717) is 18.1 Å². The predicted octanol–water partition coefficient (Wildman–Crippen LogP) is 0.272. The Morgan fingerprint density at radius 3 is 2.78 bits per heavy atom. The van der Waals surface area contributed by atoms with Crippen LogP contribution in [0.5, 0.6) is 0 Å². The summed E-state index contributed by atoms with van der Waals surface area (Å²) in [5, 5.41) is 13.4. The number of nitrogens with two attached hydrogens (primary N) is 1. The molecule has 2 heterocycles. The van der Waals surface area contributed by atoms with Crippen molar-refractivity contribution in [1.82, 2.24) is 25.3 Å². The molecule has 0 aliphatic heterocycles. The summed E-state index contributed by atoms with van der Waals surface area (Å²) in [6.07, 6.45) is 0. The molecule has 2 aromatic rings. The highest BCUT2D eigenvalue weighted by Crippen LogP contribution is 2.11. The summed E-state index contributed by atoms with van der Waals surface area (Å²) in [7, 11) is 1.88. The lowest BCUT2D eigenvalue weighted by Crippen LogP contribution is -2.23. The van der Waals surface area contributed by atoms with Gasteiger partial charge in [0.25, 0.3) is 5.91 Å². The van der Waals surface area contributed by atoms with Crippen LogP contribution in [0.1, 0.15) is 27.4 Å². The molecule has 1 amide bonds. The van der Waals surface area contributed by atoms with Crippen LogP contribution in [0.2, 0.25) is 0 Å². The maximum Gasteiger partial charge on any atom is 0.269 e. The van der Waals surface area contributed by atoms with Crippen molar-refractivity contribution in [2.75, 3.05) is 5.73 Å². The first-order chi connectivity index (χ1) is 8.49. The normalized spacial score (nSPS) is 10.6. The van der Waals surface area contributed by atoms with Gasteiger partial charge in [-0.3, -0.25) is 14.6 Å². The second kappa shape index (κ2) is 4.52. The largest absolute Gasteiger partial charge is 0.382 e. The smallest absolute Gasteiger partial charge is 0.269 e. The van der Waals surface area contributed by atoms with Gasteiger partial charge in [0, 0.05) is 30.9 Å². The summed E-state index contributed by atoms with van der Waals surface area (Å²) in [6.45, 7) is 4.32. The number of aromatic amines is 1. The molecule has 4 N–H and O–H groups in total. The van der Waals surface area contributed by atoms with Gasteiger partial charge in [-0.25, -0.2) is 0 Å². The van der Waals surface area contributed by atoms with Crippen LogP contribution in [0, 0.1) is 13.8 Å². The van der Waals surface area contributed by atoms with Crippen LogP contribution < -0.4 is 11.1 Å². The lowest BCUT2D eigenvalue weighted by molar-refractivity contribution is 0.0946. The summed E-state index contributed by atoms with van der Waals surface area (Å²) >= 11 is 0. The van der Waals surface area contributed by atoms with E-state index in [0.717, 1.165) is 17.0 Å². The van der Waals surface area contributed by atoms with Gasteiger partial charge in [0.05, 0.1) is 5.69 Å². The van der Waals surface area contributed by atoms with E-state index in [9.17, 15) is 4.79 Å². The standard InChI is InChI=1S/C11H16N6O/c1-6-8(7(2)17(3)16-6)5-13-11(18)9-4-10(12)15-14-9/h4H,5H2,1-3H3,(H,13,18)(H3,12,14,15). The van der Waals surface area contributed by atoms with E-state index in [-0.39, 0.29) is 5.91 Å². The molecule has 0 aromatic carbocycles. The van der Waals surface area contributed by atoms with Crippen molar-refractivity contribution in [3.8, 4) is 0 Å². The van der Waals surface area contributed by atoms with E-state index in [2.05, 4.69) is 20.6 Å². The Kier molecular flexibility index (Phi) is 3.05. The summed E-state index contributed by atoms with van der Waals surface area (Å²) in [5.74, 6) is 0.0655. The molecule has 7 heteroatoms. The molecule has 0 radical (unpaired) electrons. The number of carbonyl (C=O) groups excluding carboxylic acids is 1. The molecule has 0 aliphatic carbocycles. The average molecular weight is 248 g/mol. The molecule has 2 aromatic heterocycles. The van der Waals surface area contributed by atoms with Crippen molar-refractivity contribution in [2.24, 2.45) is 7.05 Å². The van der Waals surface area contributed by atoms with Crippen LogP contribution in [-0.4, -0.2) is 25.9 Å². The molecule has 96 valence electrons. The van der Waals surface area contributed by atoms with Crippen molar-refractivity contribution in [3.05, 3.63) is 28.7 Å². The molecule has 18 heavy (non-hydrogen) atoms. The summed E-state index contributed by atoms with van der Waals surface area (Å²) in [4.78, 5) is 11.8. The van der Waals surface area contributed by atoms with Gasteiger partial charge in [-0.15, -0.1) is 0 Å². The summed E-state index contributed by atoms with van der Waals surface area (Å²) in [5.41, 5.74) is 8.77. The zero-order chi connectivity index (χ0) is 13.3. The minimum Gasteiger partial charge on any atom is -0.382 e. The van der Waals surface area contributed by atoms with E-state index < -0.39 is 0 Å². The molecule has 0 saturated heterocycles. The molecular formula is C11H16N6O. The van der Waals surface area contributed by atoms with Gasteiger partial charge in [0.2, 0.25) is 0 Å². The second-order valence-electron chi connectivity index (χ2n) is 4.16. The molecule has 7 nitrogen and oxygen atoms in total. The molecule has 0 bridgehead atoms. The highest BCUT2D eigenvalue weighted by atomic mass is 16.1. The van der Waals surface area contributed by atoms with Crippen LogP contribution in [0.15, 0.2) is 6.07 Å². The number of nitrogens with zero attached hydrogens (tertiary/aromatic N) is 3. The summed E-state index contributed by atoms with van der Waals surface area (Å²) in [6, 6.07) is 1.50. The topological polar surface area (TPSA) is 102 Å². The zero-order valence-electron chi connectivity index (χ0n) is 10.6. The number of hydrogen-bond acceptors (Lipinski definition) is 4. The van der Waals surface area contributed by atoms with Crippen molar-refractivity contribution < 1.29 is 4.79 Å². The molecule has 0 spiro atoms. The maximum absolute atomic E-state index is 11.8. The maximum atomic E-state index is 11.8. The number of amides is 1. The first-order valence-electron chi connectivity index (χ1n) is 5.57. The number of carbonyl (C=O) groups is 1.